The zero-order valence-corrected chi connectivity index (χ0v) is 34.6. The van der Waals surface area contributed by atoms with E-state index >= 15 is 0 Å². The average molecular weight is 824 g/mol. The van der Waals surface area contributed by atoms with Crippen molar-refractivity contribution in [3.05, 3.63) is 166 Å². The summed E-state index contributed by atoms with van der Waals surface area (Å²) >= 11 is 6.57. The molecule has 0 atom stereocenters. The number of hydrogen-bond donors (Lipinski definition) is 3. The molecular formula is C50H46ClN9O. The Hall–Kier alpha value is -6.96. The van der Waals surface area contributed by atoms with Crippen molar-refractivity contribution in [2.75, 3.05) is 10.6 Å². The molecule has 4 aromatic carbocycles. The number of aryl methyl sites for hydroxylation is 2. The predicted octanol–water partition coefficient (Wildman–Crippen LogP) is 9.73. The highest BCUT2D eigenvalue weighted by Gasteiger charge is 2.22. The molecule has 0 radical (unpaired) electrons. The standard InChI is InChI=1S/C27H25N5O.C23H21ClN4/c1-2-25(33)28-18-21-16-20-12-6-9-15-24(20)32(21)27-30-23-14-8-7-13-22(23)26(31-27)29-17-19-10-4-3-5-11-19;24-21-14-17-10-4-7-13-20(17)28(21)23-26-19-12-6-5-11-18(19)22(27-23)25-15-16-8-2-1-3-9-16/h1,3-6,9-12,15-16H,7-8,13-14,17-18H2,(H,28,33)(H,29,30,31);1-4,7-10,13-14H,5-6,11-12,15H2,(H,25,26,27). The average Bonchev–Trinajstić information content (AvgIpc) is 3.86. The van der Waals surface area contributed by atoms with E-state index in [4.69, 9.17) is 38.0 Å². The van der Waals surface area contributed by atoms with E-state index in [-0.39, 0.29) is 0 Å². The Labute approximate surface area is 360 Å². The van der Waals surface area contributed by atoms with Gasteiger partial charge in [0.15, 0.2) is 0 Å². The number of rotatable bonds is 10. The first kappa shape index (κ1) is 39.5. The number of carbonyl (C=O) groups is 1. The summed E-state index contributed by atoms with van der Waals surface area (Å²) in [7, 11) is 0. The number of terminal acetylenes is 1. The van der Waals surface area contributed by atoms with Gasteiger partial charge >= 0.3 is 0 Å². The van der Waals surface area contributed by atoms with Crippen LogP contribution in [0.25, 0.3) is 33.7 Å². The number of halogens is 1. The van der Waals surface area contributed by atoms with Gasteiger partial charge in [-0.3, -0.25) is 13.9 Å². The molecule has 0 spiro atoms. The van der Waals surface area contributed by atoms with E-state index in [1.165, 1.54) is 35.1 Å². The molecule has 1 amide bonds. The molecule has 0 unspecified atom stereocenters. The lowest BCUT2D eigenvalue weighted by Crippen LogP contribution is -2.23. The topological polar surface area (TPSA) is 115 Å². The van der Waals surface area contributed by atoms with Crippen LogP contribution in [0.15, 0.2) is 121 Å². The first-order valence-electron chi connectivity index (χ1n) is 21.0. The quantitative estimate of drug-likeness (QED) is 0.118. The number of fused-ring (bicyclic) bond motifs is 4. The first-order chi connectivity index (χ1) is 30.0. The minimum absolute atomic E-state index is 0.297. The van der Waals surface area contributed by atoms with E-state index < -0.39 is 5.91 Å². The molecule has 3 N–H and O–H groups in total. The van der Waals surface area contributed by atoms with E-state index in [2.05, 4.69) is 70.4 Å². The number of amides is 1. The summed E-state index contributed by atoms with van der Waals surface area (Å²) in [5.41, 5.74) is 10.0. The minimum atomic E-state index is -0.441. The highest BCUT2D eigenvalue weighted by atomic mass is 35.5. The number of hydrogen-bond acceptors (Lipinski definition) is 7. The molecule has 4 heterocycles. The minimum Gasteiger partial charge on any atom is -0.366 e. The molecule has 8 aromatic rings. The molecule has 0 fully saturated rings. The van der Waals surface area contributed by atoms with Crippen molar-refractivity contribution in [3.63, 3.8) is 0 Å². The van der Waals surface area contributed by atoms with E-state index in [0.29, 0.717) is 30.1 Å². The van der Waals surface area contributed by atoms with Crippen LogP contribution in [0.2, 0.25) is 5.15 Å². The Kier molecular flexibility index (Phi) is 11.7. The molecule has 2 aliphatic rings. The third-order valence-electron chi connectivity index (χ3n) is 11.4. The second-order valence-electron chi connectivity index (χ2n) is 15.4. The molecular weight excluding hydrogens is 778 g/mol. The summed E-state index contributed by atoms with van der Waals surface area (Å²) in [5, 5.41) is 12.7. The Morgan fingerprint density at radius 2 is 1.07 bits per heavy atom. The van der Waals surface area contributed by atoms with Crippen LogP contribution in [-0.2, 0) is 50.1 Å². The molecule has 0 aliphatic heterocycles. The predicted molar refractivity (Wildman–Crippen MR) is 244 cm³/mol. The van der Waals surface area contributed by atoms with Crippen molar-refractivity contribution in [2.24, 2.45) is 0 Å². The summed E-state index contributed by atoms with van der Waals surface area (Å²) in [6, 6.07) is 41.0. The number of nitrogens with zero attached hydrogens (tertiary/aromatic N) is 6. The van der Waals surface area contributed by atoms with Gasteiger partial charge in [-0.05, 0) is 92.7 Å². The van der Waals surface area contributed by atoms with Crippen LogP contribution >= 0.6 is 11.6 Å². The Morgan fingerprint density at radius 1 is 0.590 bits per heavy atom. The van der Waals surface area contributed by atoms with E-state index in [1.807, 2.05) is 81.9 Å². The number of para-hydroxylation sites is 2. The van der Waals surface area contributed by atoms with Gasteiger partial charge in [-0.15, -0.1) is 6.42 Å². The van der Waals surface area contributed by atoms with Crippen molar-refractivity contribution in [1.82, 2.24) is 34.4 Å². The zero-order chi connectivity index (χ0) is 41.5. The van der Waals surface area contributed by atoms with Gasteiger partial charge in [0.1, 0.15) is 16.8 Å². The largest absolute Gasteiger partial charge is 0.366 e. The number of carbonyl (C=O) groups excluding carboxylic acids is 1. The lowest BCUT2D eigenvalue weighted by Gasteiger charge is -2.21. The van der Waals surface area contributed by atoms with Gasteiger partial charge in [-0.2, -0.15) is 9.97 Å². The maximum atomic E-state index is 11.7. The number of benzene rings is 4. The van der Waals surface area contributed by atoms with Gasteiger partial charge in [-0.25, -0.2) is 9.97 Å². The van der Waals surface area contributed by atoms with Gasteiger partial charge in [-0.1, -0.05) is 109 Å². The van der Waals surface area contributed by atoms with Crippen molar-refractivity contribution in [2.45, 2.75) is 71.0 Å². The summed E-state index contributed by atoms with van der Waals surface area (Å²) < 4.78 is 3.97. The molecule has 61 heavy (non-hydrogen) atoms. The van der Waals surface area contributed by atoms with Gasteiger partial charge in [0, 0.05) is 40.7 Å². The molecule has 11 heteroatoms. The number of anilines is 2. The maximum Gasteiger partial charge on any atom is 0.295 e. The molecule has 0 saturated carbocycles. The smallest absolute Gasteiger partial charge is 0.295 e. The Balaban J connectivity index is 0.000000158. The number of aromatic nitrogens is 6. The third-order valence-corrected chi connectivity index (χ3v) is 11.6. The van der Waals surface area contributed by atoms with Crippen LogP contribution < -0.4 is 16.0 Å². The van der Waals surface area contributed by atoms with Gasteiger partial charge in [0.25, 0.3) is 5.91 Å². The van der Waals surface area contributed by atoms with E-state index in [9.17, 15) is 4.79 Å². The van der Waals surface area contributed by atoms with Gasteiger partial charge in [0.2, 0.25) is 11.9 Å². The van der Waals surface area contributed by atoms with Crippen molar-refractivity contribution in [3.8, 4) is 24.2 Å². The number of nitrogens with one attached hydrogen (secondary N) is 3. The van der Waals surface area contributed by atoms with Gasteiger partial charge in [0.05, 0.1) is 29.0 Å². The van der Waals surface area contributed by atoms with Crippen LogP contribution in [0.5, 0.6) is 0 Å². The summed E-state index contributed by atoms with van der Waals surface area (Å²) in [5.74, 6) is 4.73. The van der Waals surface area contributed by atoms with Gasteiger partial charge < -0.3 is 16.0 Å². The fourth-order valence-corrected chi connectivity index (χ4v) is 8.63. The molecule has 10 nitrogen and oxygen atoms in total. The fraction of sp³-hybridized carbons (Fsp3) is 0.220. The molecule has 4 aromatic heterocycles. The molecule has 0 bridgehead atoms. The molecule has 2 aliphatic carbocycles. The monoisotopic (exact) mass is 823 g/mol. The van der Waals surface area contributed by atoms with Crippen LogP contribution in [0.3, 0.4) is 0 Å². The Bertz CT molecular complexity index is 2880. The second-order valence-corrected chi connectivity index (χ2v) is 15.8. The fourth-order valence-electron chi connectivity index (χ4n) is 8.34. The summed E-state index contributed by atoms with van der Waals surface area (Å²) in [6.45, 7) is 1.73. The molecule has 10 rings (SSSR count). The van der Waals surface area contributed by atoms with Crippen molar-refractivity contribution in [1.29, 1.82) is 0 Å². The lowest BCUT2D eigenvalue weighted by atomic mass is 9.96. The van der Waals surface area contributed by atoms with Crippen LogP contribution in [0.1, 0.15) is 65.0 Å². The third kappa shape index (κ3) is 8.70. The SMILES string of the molecule is C#CC(=O)NCc1cc2ccccc2n1-c1nc2c(c(NCc3ccccc3)n1)CCCC2.Clc1cc2ccccc2n1-c1nc2c(c(NCc3ccccc3)n1)CCCC2. The highest BCUT2D eigenvalue weighted by molar-refractivity contribution is 6.31. The van der Waals surface area contributed by atoms with Crippen LogP contribution in [0, 0.1) is 12.3 Å². The van der Waals surface area contributed by atoms with Crippen LogP contribution in [0.4, 0.5) is 11.6 Å². The maximum absolute atomic E-state index is 11.7. The lowest BCUT2D eigenvalue weighted by molar-refractivity contribution is -0.115. The second kappa shape index (κ2) is 18.1. The normalized spacial score (nSPS) is 13.0. The Morgan fingerprint density at radius 3 is 1.62 bits per heavy atom. The van der Waals surface area contributed by atoms with Crippen molar-refractivity contribution >= 4 is 50.9 Å². The van der Waals surface area contributed by atoms with E-state index in [0.717, 1.165) is 95.6 Å². The molecule has 0 saturated heterocycles. The van der Waals surface area contributed by atoms with E-state index in [1.54, 1.807) is 0 Å². The van der Waals surface area contributed by atoms with Crippen LogP contribution in [-0.4, -0.2) is 35.0 Å². The first-order valence-corrected chi connectivity index (χ1v) is 21.4. The zero-order valence-electron chi connectivity index (χ0n) is 33.9. The van der Waals surface area contributed by atoms with Crippen molar-refractivity contribution < 1.29 is 4.79 Å². The summed E-state index contributed by atoms with van der Waals surface area (Å²) in [4.78, 5) is 31.5. The highest BCUT2D eigenvalue weighted by Crippen LogP contribution is 2.32. The summed E-state index contributed by atoms with van der Waals surface area (Å²) in [6.07, 6.45) is 13.8. The molecule has 304 valence electrons.